The first-order valence-electron chi connectivity index (χ1n) is 15.4. The number of anilines is 3. The number of rotatable bonds is 13. The molecule has 1 fully saturated rings. The zero-order valence-electron chi connectivity index (χ0n) is 25.8. The molecule has 3 aromatic carbocycles. The van der Waals surface area contributed by atoms with Gasteiger partial charge in [0, 0.05) is 56.4 Å². The largest absolute Gasteiger partial charge is 0.508 e. The molecular weight excluding hydrogens is 590 g/mol. The van der Waals surface area contributed by atoms with Crippen molar-refractivity contribution in [3.8, 4) is 11.5 Å². The molecule has 11 heteroatoms. The number of methoxy groups -OCH3 is 1. The number of hydrogen-bond acceptors (Lipinski definition) is 9. The zero-order chi connectivity index (χ0) is 31.6. The molecular formula is C34H40ClN7O3. The van der Waals surface area contributed by atoms with Crippen LogP contribution in [0.2, 0.25) is 5.02 Å². The number of aromatic nitrogens is 3. The lowest BCUT2D eigenvalue weighted by molar-refractivity contribution is 0.0746. The molecule has 10 nitrogen and oxygen atoms in total. The highest BCUT2D eigenvalue weighted by Gasteiger charge is 2.25. The van der Waals surface area contributed by atoms with Gasteiger partial charge in [0.25, 0.3) is 5.91 Å². The molecule has 4 aromatic rings. The van der Waals surface area contributed by atoms with Gasteiger partial charge in [-0.05, 0) is 79.8 Å². The zero-order valence-corrected chi connectivity index (χ0v) is 26.6. The Morgan fingerprint density at radius 1 is 0.956 bits per heavy atom. The highest BCUT2D eigenvalue weighted by Crippen LogP contribution is 2.21. The first-order chi connectivity index (χ1) is 21.9. The van der Waals surface area contributed by atoms with Crippen LogP contribution < -0.4 is 19.9 Å². The number of halogens is 1. The SMILES string of the molecule is CCN(CCCc1ccc(Cl)cc1)c1nc(NCCc2ccc(O)cc2)nc(N2CCN(C(=O)c3cccc(OC)c3)CC2)n1. The first-order valence-corrected chi connectivity index (χ1v) is 15.7. The highest BCUT2D eigenvalue weighted by molar-refractivity contribution is 6.30. The molecule has 2 heterocycles. The van der Waals surface area contributed by atoms with E-state index in [0.29, 0.717) is 61.9 Å². The predicted molar refractivity (Wildman–Crippen MR) is 179 cm³/mol. The second kappa shape index (κ2) is 15.4. The second-order valence-corrected chi connectivity index (χ2v) is 11.4. The lowest BCUT2D eigenvalue weighted by Crippen LogP contribution is -2.49. The van der Waals surface area contributed by atoms with Gasteiger partial charge in [-0.25, -0.2) is 0 Å². The molecule has 0 aliphatic carbocycles. The summed E-state index contributed by atoms with van der Waals surface area (Å²) in [7, 11) is 1.60. The number of benzene rings is 3. The number of ether oxygens (including phenoxy) is 1. The highest BCUT2D eigenvalue weighted by atomic mass is 35.5. The number of amides is 1. The number of aryl methyl sites for hydroxylation is 1. The van der Waals surface area contributed by atoms with Gasteiger partial charge in [-0.1, -0.05) is 41.9 Å². The summed E-state index contributed by atoms with van der Waals surface area (Å²) in [5.41, 5.74) is 2.95. The van der Waals surface area contributed by atoms with Gasteiger partial charge in [0.2, 0.25) is 17.8 Å². The molecule has 0 spiro atoms. The van der Waals surface area contributed by atoms with Crippen molar-refractivity contribution in [2.45, 2.75) is 26.2 Å². The Hall–Kier alpha value is -4.57. The van der Waals surface area contributed by atoms with Crippen LogP contribution in [0.5, 0.6) is 11.5 Å². The summed E-state index contributed by atoms with van der Waals surface area (Å²) < 4.78 is 5.30. The summed E-state index contributed by atoms with van der Waals surface area (Å²) in [4.78, 5) is 33.9. The topological polar surface area (TPSA) is 107 Å². The third-order valence-electron chi connectivity index (χ3n) is 7.88. The molecule has 1 aliphatic heterocycles. The van der Waals surface area contributed by atoms with E-state index in [0.717, 1.165) is 42.9 Å². The molecule has 236 valence electrons. The van der Waals surface area contributed by atoms with Crippen molar-refractivity contribution >= 4 is 35.4 Å². The minimum Gasteiger partial charge on any atom is -0.508 e. The quantitative estimate of drug-likeness (QED) is 0.203. The summed E-state index contributed by atoms with van der Waals surface area (Å²) in [6, 6.07) is 22.4. The Balaban J connectivity index is 1.28. The number of nitrogens with zero attached hydrogens (tertiary/aromatic N) is 6. The van der Waals surface area contributed by atoms with Crippen LogP contribution in [-0.2, 0) is 12.8 Å². The fourth-order valence-electron chi connectivity index (χ4n) is 5.27. The van der Waals surface area contributed by atoms with Crippen LogP contribution >= 0.6 is 11.6 Å². The number of hydrogen-bond donors (Lipinski definition) is 2. The van der Waals surface area contributed by atoms with Gasteiger partial charge in [-0.3, -0.25) is 4.79 Å². The van der Waals surface area contributed by atoms with E-state index in [-0.39, 0.29) is 11.7 Å². The van der Waals surface area contributed by atoms with Crippen molar-refractivity contribution in [2.75, 3.05) is 68.0 Å². The number of phenols is 1. The average Bonchev–Trinajstić information content (AvgIpc) is 3.08. The summed E-state index contributed by atoms with van der Waals surface area (Å²) in [5.74, 6) is 2.63. The minimum absolute atomic E-state index is 0.0145. The van der Waals surface area contributed by atoms with Crippen molar-refractivity contribution in [3.05, 3.63) is 94.5 Å². The van der Waals surface area contributed by atoms with E-state index in [1.165, 1.54) is 5.56 Å². The fraction of sp³-hybridized carbons (Fsp3) is 0.353. The molecule has 1 amide bonds. The average molecular weight is 630 g/mol. The third-order valence-corrected chi connectivity index (χ3v) is 8.13. The van der Waals surface area contributed by atoms with Crippen LogP contribution in [0.1, 0.15) is 34.8 Å². The van der Waals surface area contributed by atoms with E-state index in [4.69, 9.17) is 31.3 Å². The standard InChI is InChI=1S/C34H40ClN7O3/c1-3-40(19-5-6-25-9-13-28(35)14-10-25)33-37-32(36-18-17-26-11-15-29(43)16-12-26)38-34(39-33)42-22-20-41(21-23-42)31(44)27-7-4-8-30(24-27)45-2/h4,7-16,24,43H,3,5-6,17-23H2,1-2H3,(H,36,37,38,39). The fourth-order valence-corrected chi connectivity index (χ4v) is 5.40. The Morgan fingerprint density at radius 2 is 1.67 bits per heavy atom. The molecule has 1 aromatic heterocycles. The molecule has 0 unspecified atom stereocenters. The number of piperazine rings is 1. The Kier molecular flexibility index (Phi) is 10.9. The van der Waals surface area contributed by atoms with Crippen molar-refractivity contribution in [1.82, 2.24) is 19.9 Å². The van der Waals surface area contributed by atoms with Crippen LogP contribution in [0, 0.1) is 0 Å². The molecule has 0 saturated carbocycles. The van der Waals surface area contributed by atoms with Gasteiger partial charge in [0.15, 0.2) is 0 Å². The maximum absolute atomic E-state index is 13.2. The van der Waals surface area contributed by atoms with Crippen molar-refractivity contribution in [3.63, 3.8) is 0 Å². The summed E-state index contributed by atoms with van der Waals surface area (Å²) in [5, 5.41) is 13.7. The lowest BCUT2D eigenvalue weighted by atomic mass is 10.1. The Bertz CT molecular complexity index is 1540. The van der Waals surface area contributed by atoms with Gasteiger partial charge < -0.3 is 29.9 Å². The maximum Gasteiger partial charge on any atom is 0.254 e. The number of phenolic OH excluding ortho intramolecular Hbond substituents is 1. The summed E-state index contributed by atoms with van der Waals surface area (Å²) in [6.07, 6.45) is 2.61. The van der Waals surface area contributed by atoms with Crippen molar-refractivity contribution in [1.29, 1.82) is 0 Å². The minimum atomic E-state index is -0.0145. The molecule has 0 atom stereocenters. The molecule has 1 saturated heterocycles. The monoisotopic (exact) mass is 629 g/mol. The summed E-state index contributed by atoms with van der Waals surface area (Å²) >= 11 is 6.06. The molecule has 45 heavy (non-hydrogen) atoms. The van der Waals surface area contributed by atoms with Crippen LogP contribution in [0.15, 0.2) is 72.8 Å². The van der Waals surface area contributed by atoms with Gasteiger partial charge in [0.05, 0.1) is 7.11 Å². The molecule has 1 aliphatic rings. The third kappa shape index (κ3) is 8.76. The number of carbonyl (C=O) groups excluding carboxylic acids is 1. The first kappa shape index (κ1) is 31.8. The van der Waals surface area contributed by atoms with Crippen LogP contribution in [0.4, 0.5) is 17.8 Å². The smallest absolute Gasteiger partial charge is 0.254 e. The normalized spacial score (nSPS) is 13.0. The Morgan fingerprint density at radius 3 is 2.38 bits per heavy atom. The van der Waals surface area contributed by atoms with E-state index in [2.05, 4.69) is 34.2 Å². The van der Waals surface area contributed by atoms with Crippen LogP contribution in [0.25, 0.3) is 0 Å². The number of carbonyl (C=O) groups is 1. The van der Waals surface area contributed by atoms with E-state index in [1.54, 1.807) is 25.3 Å². The molecule has 0 bridgehead atoms. The number of nitrogens with one attached hydrogen (secondary N) is 1. The van der Waals surface area contributed by atoms with Crippen molar-refractivity contribution < 1.29 is 14.6 Å². The predicted octanol–water partition coefficient (Wildman–Crippen LogP) is 5.32. The van der Waals surface area contributed by atoms with Crippen molar-refractivity contribution in [2.24, 2.45) is 0 Å². The maximum atomic E-state index is 13.2. The molecule has 2 N–H and O–H groups in total. The summed E-state index contributed by atoms with van der Waals surface area (Å²) in [6.45, 7) is 6.59. The number of aromatic hydroxyl groups is 1. The Labute approximate surface area is 269 Å². The van der Waals surface area contributed by atoms with E-state index < -0.39 is 0 Å². The van der Waals surface area contributed by atoms with Crippen LogP contribution in [0.3, 0.4) is 0 Å². The molecule has 0 radical (unpaired) electrons. The van der Waals surface area contributed by atoms with Gasteiger partial charge >= 0.3 is 0 Å². The van der Waals surface area contributed by atoms with Gasteiger partial charge in [-0.15, -0.1) is 0 Å². The van der Waals surface area contributed by atoms with E-state index in [1.807, 2.05) is 47.4 Å². The van der Waals surface area contributed by atoms with Gasteiger partial charge in [0.1, 0.15) is 11.5 Å². The second-order valence-electron chi connectivity index (χ2n) is 10.9. The van der Waals surface area contributed by atoms with E-state index in [9.17, 15) is 9.90 Å². The van der Waals surface area contributed by atoms with E-state index >= 15 is 0 Å². The lowest BCUT2D eigenvalue weighted by Gasteiger charge is -2.35. The molecule has 5 rings (SSSR count). The van der Waals surface area contributed by atoms with Gasteiger partial charge in [-0.2, -0.15) is 15.0 Å². The van der Waals surface area contributed by atoms with Crippen LogP contribution in [-0.4, -0.2) is 83.8 Å².